The standard InChI is InChI=1S/C9H14N2OS/c1-2-3-5-8(12)13-9-10-6-4-7-11-9/h4,6-8,12H,2-3,5H2,1H3. The third-order valence-electron chi connectivity index (χ3n) is 1.59. The smallest absolute Gasteiger partial charge is 0.189 e. The number of hydrogen-bond acceptors (Lipinski definition) is 4. The van der Waals surface area contributed by atoms with E-state index in [4.69, 9.17) is 0 Å². The fraction of sp³-hybridized carbons (Fsp3) is 0.556. The van der Waals surface area contributed by atoms with Crippen molar-refractivity contribution in [3.8, 4) is 0 Å². The molecule has 1 unspecified atom stereocenters. The van der Waals surface area contributed by atoms with Gasteiger partial charge in [0.15, 0.2) is 5.16 Å². The highest BCUT2D eigenvalue weighted by atomic mass is 32.2. The van der Waals surface area contributed by atoms with Crippen LogP contribution in [0.3, 0.4) is 0 Å². The average Bonchev–Trinajstić information content (AvgIpc) is 2.16. The molecule has 0 aromatic carbocycles. The minimum atomic E-state index is -0.373. The molecule has 4 heteroatoms. The van der Waals surface area contributed by atoms with Crippen molar-refractivity contribution in [3.63, 3.8) is 0 Å². The van der Waals surface area contributed by atoms with E-state index in [1.165, 1.54) is 11.8 Å². The Hall–Kier alpha value is -0.610. The summed E-state index contributed by atoms with van der Waals surface area (Å²) in [6.45, 7) is 2.11. The number of aliphatic hydroxyl groups excluding tert-OH is 1. The molecular weight excluding hydrogens is 184 g/mol. The topological polar surface area (TPSA) is 46.0 Å². The van der Waals surface area contributed by atoms with E-state index in [9.17, 15) is 5.11 Å². The van der Waals surface area contributed by atoms with Crippen molar-refractivity contribution >= 4 is 11.8 Å². The van der Waals surface area contributed by atoms with E-state index in [0.717, 1.165) is 19.3 Å². The van der Waals surface area contributed by atoms with Crippen LogP contribution in [-0.4, -0.2) is 20.5 Å². The fourth-order valence-electron chi connectivity index (χ4n) is 0.906. The molecule has 1 rings (SSSR count). The number of rotatable bonds is 5. The van der Waals surface area contributed by atoms with E-state index in [0.29, 0.717) is 5.16 Å². The van der Waals surface area contributed by atoms with Gasteiger partial charge in [-0.1, -0.05) is 31.5 Å². The average molecular weight is 198 g/mol. The first-order chi connectivity index (χ1) is 6.33. The van der Waals surface area contributed by atoms with E-state index in [2.05, 4.69) is 16.9 Å². The highest BCUT2D eigenvalue weighted by Crippen LogP contribution is 2.20. The van der Waals surface area contributed by atoms with Gasteiger partial charge in [0.05, 0.1) is 0 Å². The van der Waals surface area contributed by atoms with Crippen LogP contribution in [0.1, 0.15) is 26.2 Å². The van der Waals surface area contributed by atoms with Gasteiger partial charge in [0.25, 0.3) is 0 Å². The fourth-order valence-corrected chi connectivity index (χ4v) is 1.68. The molecule has 0 fully saturated rings. The Morgan fingerprint density at radius 2 is 2.15 bits per heavy atom. The molecule has 0 bridgehead atoms. The summed E-state index contributed by atoms with van der Waals surface area (Å²) in [6.07, 6.45) is 6.32. The minimum Gasteiger partial charge on any atom is -0.382 e. The van der Waals surface area contributed by atoms with Gasteiger partial charge in [-0.15, -0.1) is 0 Å². The van der Waals surface area contributed by atoms with Gasteiger partial charge in [0.2, 0.25) is 0 Å². The minimum absolute atomic E-state index is 0.373. The zero-order valence-corrected chi connectivity index (χ0v) is 8.50. The molecule has 13 heavy (non-hydrogen) atoms. The maximum atomic E-state index is 9.52. The van der Waals surface area contributed by atoms with Crippen molar-refractivity contribution in [2.45, 2.75) is 36.8 Å². The quantitative estimate of drug-likeness (QED) is 0.447. The maximum absolute atomic E-state index is 9.52. The Morgan fingerprint density at radius 1 is 1.46 bits per heavy atom. The van der Waals surface area contributed by atoms with Crippen LogP contribution in [0.5, 0.6) is 0 Å². The summed E-state index contributed by atoms with van der Waals surface area (Å²) in [6, 6.07) is 1.77. The van der Waals surface area contributed by atoms with E-state index in [-0.39, 0.29) is 5.44 Å². The molecule has 1 aromatic heterocycles. The predicted octanol–water partition coefficient (Wildman–Crippen LogP) is 2.08. The Labute approximate surface area is 82.6 Å². The van der Waals surface area contributed by atoms with Crippen LogP contribution in [0.2, 0.25) is 0 Å². The number of aromatic nitrogens is 2. The molecule has 0 saturated heterocycles. The zero-order chi connectivity index (χ0) is 9.52. The van der Waals surface area contributed by atoms with Gasteiger partial charge >= 0.3 is 0 Å². The molecule has 72 valence electrons. The SMILES string of the molecule is CCCCC(O)Sc1ncccn1. The molecule has 1 aromatic rings. The molecule has 1 heterocycles. The second-order valence-electron chi connectivity index (χ2n) is 2.75. The summed E-state index contributed by atoms with van der Waals surface area (Å²) in [7, 11) is 0. The highest BCUT2D eigenvalue weighted by molar-refractivity contribution is 7.99. The number of hydrogen-bond donors (Lipinski definition) is 1. The van der Waals surface area contributed by atoms with Crippen molar-refractivity contribution in [2.75, 3.05) is 0 Å². The second kappa shape index (κ2) is 5.94. The van der Waals surface area contributed by atoms with Gasteiger partial charge in [-0.25, -0.2) is 9.97 Å². The Balaban J connectivity index is 2.32. The van der Waals surface area contributed by atoms with Gasteiger partial charge in [0.1, 0.15) is 5.44 Å². The Kier molecular flexibility index (Phi) is 4.78. The van der Waals surface area contributed by atoms with Gasteiger partial charge < -0.3 is 5.11 Å². The van der Waals surface area contributed by atoms with E-state index < -0.39 is 0 Å². The van der Waals surface area contributed by atoms with Gasteiger partial charge in [0, 0.05) is 12.4 Å². The van der Waals surface area contributed by atoms with Gasteiger partial charge in [-0.2, -0.15) is 0 Å². The zero-order valence-electron chi connectivity index (χ0n) is 7.68. The Bertz CT molecular complexity index is 230. The summed E-state index contributed by atoms with van der Waals surface area (Å²) in [5.74, 6) is 0. The summed E-state index contributed by atoms with van der Waals surface area (Å²) in [4.78, 5) is 8.04. The molecule has 0 aliphatic rings. The molecule has 0 aliphatic heterocycles. The van der Waals surface area contributed by atoms with Crippen LogP contribution in [0.25, 0.3) is 0 Å². The molecule has 0 saturated carbocycles. The van der Waals surface area contributed by atoms with Crippen molar-refractivity contribution < 1.29 is 5.11 Å². The molecule has 0 spiro atoms. The first-order valence-electron chi connectivity index (χ1n) is 4.44. The van der Waals surface area contributed by atoms with Crippen molar-refractivity contribution in [1.29, 1.82) is 0 Å². The first kappa shape index (κ1) is 10.5. The van der Waals surface area contributed by atoms with Crippen LogP contribution in [-0.2, 0) is 0 Å². The van der Waals surface area contributed by atoms with E-state index in [1.54, 1.807) is 18.5 Å². The molecule has 0 amide bonds. The third-order valence-corrected chi connectivity index (χ3v) is 2.52. The van der Waals surface area contributed by atoms with Crippen molar-refractivity contribution in [3.05, 3.63) is 18.5 Å². The second-order valence-corrected chi connectivity index (χ2v) is 3.89. The number of unbranched alkanes of at least 4 members (excludes halogenated alkanes) is 1. The summed E-state index contributed by atoms with van der Waals surface area (Å²) < 4.78 is 0. The highest BCUT2D eigenvalue weighted by Gasteiger charge is 2.06. The summed E-state index contributed by atoms with van der Waals surface area (Å²) in [5.41, 5.74) is -0.373. The van der Waals surface area contributed by atoms with Gasteiger partial charge in [-0.3, -0.25) is 0 Å². The molecule has 0 aliphatic carbocycles. The number of aliphatic hydroxyl groups is 1. The lowest BCUT2D eigenvalue weighted by Gasteiger charge is -2.06. The lowest BCUT2D eigenvalue weighted by atomic mass is 10.3. The monoisotopic (exact) mass is 198 g/mol. The van der Waals surface area contributed by atoms with Crippen molar-refractivity contribution in [1.82, 2.24) is 9.97 Å². The summed E-state index contributed by atoms with van der Waals surface area (Å²) >= 11 is 1.32. The van der Waals surface area contributed by atoms with Crippen LogP contribution in [0, 0.1) is 0 Å². The molecule has 1 N–H and O–H groups in total. The molecule has 1 atom stereocenters. The number of thioether (sulfide) groups is 1. The van der Waals surface area contributed by atoms with E-state index in [1.807, 2.05) is 0 Å². The lowest BCUT2D eigenvalue weighted by Crippen LogP contribution is -2.01. The summed E-state index contributed by atoms with van der Waals surface area (Å²) in [5, 5.41) is 10.2. The predicted molar refractivity (Wildman–Crippen MR) is 53.4 cm³/mol. The van der Waals surface area contributed by atoms with Crippen LogP contribution in [0.15, 0.2) is 23.6 Å². The van der Waals surface area contributed by atoms with Crippen LogP contribution in [0.4, 0.5) is 0 Å². The molecule has 0 radical (unpaired) electrons. The Morgan fingerprint density at radius 3 is 2.77 bits per heavy atom. The molecule has 3 nitrogen and oxygen atoms in total. The van der Waals surface area contributed by atoms with Gasteiger partial charge in [-0.05, 0) is 12.5 Å². The third kappa shape index (κ3) is 4.24. The molecular formula is C9H14N2OS. The van der Waals surface area contributed by atoms with Crippen LogP contribution >= 0.6 is 11.8 Å². The number of nitrogens with zero attached hydrogens (tertiary/aromatic N) is 2. The largest absolute Gasteiger partial charge is 0.382 e. The normalized spacial score (nSPS) is 12.8. The lowest BCUT2D eigenvalue weighted by molar-refractivity contribution is 0.248. The van der Waals surface area contributed by atoms with Crippen LogP contribution < -0.4 is 0 Å². The maximum Gasteiger partial charge on any atom is 0.189 e. The van der Waals surface area contributed by atoms with Crippen molar-refractivity contribution in [2.24, 2.45) is 0 Å². The first-order valence-corrected chi connectivity index (χ1v) is 5.32. The van der Waals surface area contributed by atoms with E-state index >= 15 is 0 Å².